The first kappa shape index (κ1) is 10.5. The molecule has 0 aromatic carbocycles. The molecule has 0 aliphatic carbocycles. The molecule has 3 heteroatoms. The summed E-state index contributed by atoms with van der Waals surface area (Å²) in [5.41, 5.74) is 2.94. The molecule has 1 atom stereocenters. The van der Waals surface area contributed by atoms with Crippen LogP contribution in [0.3, 0.4) is 0 Å². The Balaban J connectivity index is 2.21. The molecule has 1 saturated heterocycles. The predicted octanol–water partition coefficient (Wildman–Crippen LogP) is 1.41. The first-order valence-corrected chi connectivity index (χ1v) is 5.12. The number of hydrogen-bond acceptors (Lipinski definition) is 2. The lowest BCUT2D eigenvalue weighted by atomic mass is 10.1. The third kappa shape index (κ3) is 3.77. The number of amides is 1. The van der Waals surface area contributed by atoms with Gasteiger partial charge in [-0.15, -0.1) is 0 Å². The lowest BCUT2D eigenvalue weighted by Gasteiger charge is -2.17. The van der Waals surface area contributed by atoms with Gasteiger partial charge >= 0.3 is 0 Å². The monoisotopic (exact) mass is 184 g/mol. The molecule has 0 aromatic rings. The molecule has 0 bridgehead atoms. The molecule has 0 saturated carbocycles. The fourth-order valence-corrected chi connectivity index (χ4v) is 1.63. The maximum absolute atomic E-state index is 11.4. The maximum Gasteiger partial charge on any atom is 0.234 e. The summed E-state index contributed by atoms with van der Waals surface area (Å²) in [6, 6.07) is 0. The maximum atomic E-state index is 11.4. The molecule has 1 unspecified atom stereocenters. The molecular formula is C10H20N2O. The van der Waals surface area contributed by atoms with Crippen molar-refractivity contribution in [3.8, 4) is 0 Å². The Morgan fingerprint density at radius 1 is 1.62 bits per heavy atom. The van der Waals surface area contributed by atoms with E-state index in [0.29, 0.717) is 12.3 Å². The molecule has 1 heterocycles. The second kappa shape index (κ2) is 4.61. The fourth-order valence-electron chi connectivity index (χ4n) is 1.63. The molecule has 1 aliphatic heterocycles. The molecule has 1 fully saturated rings. The predicted molar refractivity (Wildman–Crippen MR) is 53.0 cm³/mol. The molecule has 1 N–H and O–H groups in total. The summed E-state index contributed by atoms with van der Waals surface area (Å²) >= 11 is 0. The van der Waals surface area contributed by atoms with Gasteiger partial charge < -0.3 is 0 Å². The van der Waals surface area contributed by atoms with E-state index in [1.165, 1.54) is 6.42 Å². The van der Waals surface area contributed by atoms with Gasteiger partial charge in [0.2, 0.25) is 5.91 Å². The Labute approximate surface area is 80.5 Å². The van der Waals surface area contributed by atoms with E-state index in [2.05, 4.69) is 26.2 Å². The minimum absolute atomic E-state index is 0.157. The Hall–Kier alpha value is -0.570. The van der Waals surface area contributed by atoms with Crippen LogP contribution >= 0.6 is 0 Å². The lowest BCUT2D eigenvalue weighted by Crippen LogP contribution is -2.40. The molecule has 0 aromatic heterocycles. The van der Waals surface area contributed by atoms with Gasteiger partial charge in [-0.05, 0) is 18.3 Å². The molecule has 76 valence electrons. The van der Waals surface area contributed by atoms with Crippen LogP contribution in [0.4, 0.5) is 0 Å². The summed E-state index contributed by atoms with van der Waals surface area (Å²) in [6.45, 7) is 8.35. The van der Waals surface area contributed by atoms with Crippen LogP contribution < -0.4 is 5.43 Å². The summed E-state index contributed by atoms with van der Waals surface area (Å²) in [5.74, 6) is 1.32. The van der Waals surface area contributed by atoms with E-state index >= 15 is 0 Å². The number of nitrogens with zero attached hydrogens (tertiary/aromatic N) is 1. The topological polar surface area (TPSA) is 32.3 Å². The number of carbonyl (C=O) groups is 1. The van der Waals surface area contributed by atoms with Crippen molar-refractivity contribution in [1.82, 2.24) is 10.4 Å². The molecule has 0 radical (unpaired) electrons. The van der Waals surface area contributed by atoms with Gasteiger partial charge in [-0.1, -0.05) is 20.8 Å². The molecule has 3 nitrogen and oxygen atoms in total. The van der Waals surface area contributed by atoms with E-state index in [-0.39, 0.29) is 5.91 Å². The van der Waals surface area contributed by atoms with Gasteiger partial charge in [0.25, 0.3) is 0 Å². The summed E-state index contributed by atoms with van der Waals surface area (Å²) in [6.07, 6.45) is 1.83. The number of hydrogen-bond donors (Lipinski definition) is 1. The minimum Gasteiger partial charge on any atom is -0.289 e. The summed E-state index contributed by atoms with van der Waals surface area (Å²) < 4.78 is 0. The Morgan fingerprint density at radius 2 is 2.31 bits per heavy atom. The van der Waals surface area contributed by atoms with Gasteiger partial charge in [0.15, 0.2) is 0 Å². The van der Waals surface area contributed by atoms with Gasteiger partial charge in [-0.25, -0.2) is 5.01 Å². The average molecular weight is 184 g/mol. The van der Waals surface area contributed by atoms with Gasteiger partial charge in [0.1, 0.15) is 0 Å². The van der Waals surface area contributed by atoms with Crippen LogP contribution in [0.15, 0.2) is 0 Å². The molecule has 13 heavy (non-hydrogen) atoms. The highest BCUT2D eigenvalue weighted by Crippen LogP contribution is 2.12. The van der Waals surface area contributed by atoms with E-state index in [1.807, 2.05) is 5.01 Å². The number of rotatable bonds is 3. The quantitative estimate of drug-likeness (QED) is 0.719. The number of carbonyl (C=O) groups excluding carboxylic acids is 1. The Kier molecular flexibility index (Phi) is 3.72. The molecule has 1 rings (SSSR count). The van der Waals surface area contributed by atoms with Crippen molar-refractivity contribution in [1.29, 1.82) is 0 Å². The fraction of sp³-hybridized carbons (Fsp3) is 0.900. The molecule has 1 amide bonds. The van der Waals surface area contributed by atoms with Crippen LogP contribution in [-0.2, 0) is 4.79 Å². The number of nitrogens with one attached hydrogen (secondary N) is 1. The van der Waals surface area contributed by atoms with Crippen LogP contribution in [0.25, 0.3) is 0 Å². The van der Waals surface area contributed by atoms with Crippen LogP contribution in [0.1, 0.15) is 33.6 Å². The van der Waals surface area contributed by atoms with Crippen LogP contribution in [-0.4, -0.2) is 24.0 Å². The van der Waals surface area contributed by atoms with Crippen LogP contribution in [0.2, 0.25) is 0 Å². The first-order chi connectivity index (χ1) is 6.08. The Bertz CT molecular complexity index is 180. The standard InChI is InChI=1S/C10H20N2O/c1-8(2)6-10(13)11-12-5-4-9(3)7-12/h8-9H,4-7H2,1-3H3,(H,11,13). The Morgan fingerprint density at radius 3 is 2.77 bits per heavy atom. The lowest BCUT2D eigenvalue weighted by molar-refractivity contribution is -0.126. The summed E-state index contributed by atoms with van der Waals surface area (Å²) in [7, 11) is 0. The van der Waals surface area contributed by atoms with Crippen molar-refractivity contribution in [3.63, 3.8) is 0 Å². The largest absolute Gasteiger partial charge is 0.289 e. The van der Waals surface area contributed by atoms with Gasteiger partial charge in [-0.2, -0.15) is 0 Å². The van der Waals surface area contributed by atoms with Crippen molar-refractivity contribution in [2.24, 2.45) is 11.8 Å². The van der Waals surface area contributed by atoms with Crippen molar-refractivity contribution >= 4 is 5.91 Å². The van der Waals surface area contributed by atoms with Gasteiger partial charge in [-0.3, -0.25) is 10.2 Å². The van der Waals surface area contributed by atoms with E-state index < -0.39 is 0 Å². The van der Waals surface area contributed by atoms with Gasteiger partial charge in [0, 0.05) is 19.5 Å². The SMILES string of the molecule is CC(C)CC(=O)NN1CCC(C)C1. The minimum atomic E-state index is 0.157. The highest BCUT2D eigenvalue weighted by molar-refractivity contribution is 5.75. The molecular weight excluding hydrogens is 164 g/mol. The zero-order valence-electron chi connectivity index (χ0n) is 8.84. The van der Waals surface area contributed by atoms with Crippen molar-refractivity contribution in [2.45, 2.75) is 33.6 Å². The number of hydrazine groups is 1. The second-order valence-electron chi connectivity index (χ2n) is 4.47. The summed E-state index contributed by atoms with van der Waals surface area (Å²) in [4.78, 5) is 11.4. The third-order valence-corrected chi connectivity index (χ3v) is 2.30. The van der Waals surface area contributed by atoms with Crippen molar-refractivity contribution in [2.75, 3.05) is 13.1 Å². The molecule has 1 aliphatic rings. The zero-order chi connectivity index (χ0) is 9.84. The normalized spacial score (nSPS) is 23.8. The highest BCUT2D eigenvalue weighted by atomic mass is 16.2. The molecule has 0 spiro atoms. The second-order valence-corrected chi connectivity index (χ2v) is 4.47. The van der Waals surface area contributed by atoms with Crippen molar-refractivity contribution < 1.29 is 4.79 Å². The van der Waals surface area contributed by atoms with Crippen molar-refractivity contribution in [3.05, 3.63) is 0 Å². The van der Waals surface area contributed by atoms with E-state index in [4.69, 9.17) is 0 Å². The van der Waals surface area contributed by atoms with Crippen LogP contribution in [0, 0.1) is 11.8 Å². The third-order valence-electron chi connectivity index (χ3n) is 2.30. The highest BCUT2D eigenvalue weighted by Gasteiger charge is 2.19. The van der Waals surface area contributed by atoms with Crippen LogP contribution in [0.5, 0.6) is 0 Å². The average Bonchev–Trinajstić information content (AvgIpc) is 2.33. The van der Waals surface area contributed by atoms with E-state index in [9.17, 15) is 4.79 Å². The first-order valence-electron chi connectivity index (χ1n) is 5.12. The van der Waals surface area contributed by atoms with Gasteiger partial charge in [0.05, 0.1) is 0 Å². The summed E-state index contributed by atoms with van der Waals surface area (Å²) in [5, 5.41) is 2.04. The zero-order valence-corrected chi connectivity index (χ0v) is 8.84. The van der Waals surface area contributed by atoms with E-state index in [1.54, 1.807) is 0 Å². The smallest absolute Gasteiger partial charge is 0.234 e. The van der Waals surface area contributed by atoms with E-state index in [0.717, 1.165) is 19.0 Å².